The highest BCUT2D eigenvalue weighted by molar-refractivity contribution is 7.80. The van der Waals surface area contributed by atoms with Crippen LogP contribution in [-0.2, 0) is 4.74 Å². The van der Waals surface area contributed by atoms with Crippen LogP contribution in [0.25, 0.3) is 0 Å². The molecule has 1 N–H and O–H groups in total. The topological polar surface area (TPSA) is 43.0 Å². The Morgan fingerprint density at radius 3 is 2.65 bits per heavy atom. The van der Waals surface area contributed by atoms with Gasteiger partial charge in [-0.15, -0.1) is 0 Å². The molecule has 20 heavy (non-hydrogen) atoms. The van der Waals surface area contributed by atoms with Gasteiger partial charge < -0.3 is 24.4 Å². The monoisotopic (exact) mass is 294 g/mol. The molecule has 0 aromatic heterocycles. The number of rotatable bonds is 1. The summed E-state index contributed by atoms with van der Waals surface area (Å²) < 4.78 is 16.4. The number of thiocarbonyl (C=S) groups is 1. The summed E-state index contributed by atoms with van der Waals surface area (Å²) >= 11 is 5.48. The van der Waals surface area contributed by atoms with Crippen molar-refractivity contribution in [1.82, 2.24) is 4.90 Å². The molecule has 6 heteroatoms. The predicted molar refractivity (Wildman–Crippen MR) is 80.4 cm³/mol. The summed E-state index contributed by atoms with van der Waals surface area (Å²) in [6.45, 7) is 6.01. The van der Waals surface area contributed by atoms with Gasteiger partial charge in [-0.2, -0.15) is 0 Å². The van der Waals surface area contributed by atoms with E-state index in [9.17, 15) is 0 Å². The van der Waals surface area contributed by atoms with Crippen LogP contribution in [0, 0.1) is 0 Å². The number of anilines is 1. The molecule has 1 aromatic carbocycles. The van der Waals surface area contributed by atoms with Gasteiger partial charge >= 0.3 is 0 Å². The Kier molecular flexibility index (Phi) is 3.67. The van der Waals surface area contributed by atoms with Crippen molar-refractivity contribution in [2.24, 2.45) is 0 Å². The molecule has 1 saturated heterocycles. The Bertz CT molecular complexity index is 513. The highest BCUT2D eigenvalue weighted by Gasteiger charge is 2.24. The molecule has 0 unspecified atom stereocenters. The number of nitrogens with one attached hydrogen (secondary N) is 1. The molecule has 0 saturated carbocycles. The van der Waals surface area contributed by atoms with E-state index in [1.165, 1.54) is 0 Å². The molecule has 0 spiro atoms. The lowest BCUT2D eigenvalue weighted by Crippen LogP contribution is -2.49. The zero-order valence-electron chi connectivity index (χ0n) is 11.6. The van der Waals surface area contributed by atoms with Crippen LogP contribution in [0.4, 0.5) is 5.69 Å². The summed E-state index contributed by atoms with van der Waals surface area (Å²) in [5.41, 5.74) is 0.908. The molecule has 2 atom stereocenters. The average Bonchev–Trinajstić information content (AvgIpc) is 2.85. The number of morpholine rings is 1. The van der Waals surface area contributed by atoms with Gasteiger partial charge in [-0.3, -0.25) is 0 Å². The van der Waals surface area contributed by atoms with Crippen LogP contribution in [0.3, 0.4) is 0 Å². The summed E-state index contributed by atoms with van der Waals surface area (Å²) in [5, 5.41) is 3.96. The van der Waals surface area contributed by atoms with Crippen molar-refractivity contribution >= 4 is 23.0 Å². The Morgan fingerprint density at radius 1 is 1.20 bits per heavy atom. The highest BCUT2D eigenvalue weighted by atomic mass is 32.1. The van der Waals surface area contributed by atoms with Gasteiger partial charge in [0.1, 0.15) is 0 Å². The minimum Gasteiger partial charge on any atom is -0.454 e. The van der Waals surface area contributed by atoms with E-state index in [4.69, 9.17) is 26.4 Å². The first-order valence-corrected chi connectivity index (χ1v) is 7.13. The zero-order chi connectivity index (χ0) is 14.1. The normalized spacial score (nSPS) is 24.6. The SMILES string of the molecule is C[C@@H]1CN(C(=S)Nc2ccc3c(c2)OCO3)C[C@@H](C)O1. The van der Waals surface area contributed by atoms with Crippen molar-refractivity contribution in [1.29, 1.82) is 0 Å². The minimum absolute atomic E-state index is 0.190. The van der Waals surface area contributed by atoms with Crippen molar-refractivity contribution in [3.8, 4) is 11.5 Å². The quantitative estimate of drug-likeness (QED) is 0.801. The lowest BCUT2D eigenvalue weighted by molar-refractivity contribution is -0.0473. The lowest BCUT2D eigenvalue weighted by atomic mass is 10.2. The van der Waals surface area contributed by atoms with Gasteiger partial charge in [0.25, 0.3) is 0 Å². The van der Waals surface area contributed by atoms with Crippen LogP contribution in [0.2, 0.25) is 0 Å². The van der Waals surface area contributed by atoms with Crippen LogP contribution in [0.5, 0.6) is 11.5 Å². The first-order chi connectivity index (χ1) is 9.61. The van der Waals surface area contributed by atoms with Gasteiger partial charge in [-0.05, 0) is 38.2 Å². The number of hydrogen-bond acceptors (Lipinski definition) is 4. The lowest BCUT2D eigenvalue weighted by Gasteiger charge is -2.36. The fourth-order valence-electron chi connectivity index (χ4n) is 2.52. The van der Waals surface area contributed by atoms with Crippen molar-refractivity contribution in [2.45, 2.75) is 26.1 Å². The average molecular weight is 294 g/mol. The number of hydrogen-bond donors (Lipinski definition) is 1. The van der Waals surface area contributed by atoms with E-state index in [2.05, 4.69) is 24.1 Å². The Morgan fingerprint density at radius 2 is 1.90 bits per heavy atom. The molecule has 3 rings (SSSR count). The summed E-state index contributed by atoms with van der Waals surface area (Å²) in [6, 6.07) is 5.73. The molecule has 1 aromatic rings. The number of nitrogens with zero attached hydrogens (tertiary/aromatic N) is 1. The molecule has 2 aliphatic heterocycles. The van der Waals surface area contributed by atoms with E-state index in [1.807, 2.05) is 18.2 Å². The molecule has 5 nitrogen and oxygen atoms in total. The molecule has 0 aliphatic carbocycles. The van der Waals surface area contributed by atoms with Gasteiger partial charge in [-0.1, -0.05) is 0 Å². The minimum atomic E-state index is 0.190. The maximum absolute atomic E-state index is 5.71. The van der Waals surface area contributed by atoms with Gasteiger partial charge in [-0.25, -0.2) is 0 Å². The van der Waals surface area contributed by atoms with Crippen molar-refractivity contribution < 1.29 is 14.2 Å². The second kappa shape index (κ2) is 5.46. The summed E-state index contributed by atoms with van der Waals surface area (Å²) in [6.07, 6.45) is 0.380. The zero-order valence-corrected chi connectivity index (χ0v) is 12.4. The van der Waals surface area contributed by atoms with Crippen LogP contribution >= 0.6 is 12.2 Å². The van der Waals surface area contributed by atoms with Crippen LogP contribution in [0.15, 0.2) is 18.2 Å². The molecule has 1 fully saturated rings. The Labute approximate surface area is 123 Å². The smallest absolute Gasteiger partial charge is 0.231 e. The van der Waals surface area contributed by atoms with Gasteiger partial charge in [0.05, 0.1) is 12.2 Å². The van der Waals surface area contributed by atoms with Gasteiger partial charge in [0.15, 0.2) is 16.6 Å². The van der Waals surface area contributed by atoms with Crippen LogP contribution in [0.1, 0.15) is 13.8 Å². The highest BCUT2D eigenvalue weighted by Crippen LogP contribution is 2.34. The number of ether oxygens (including phenoxy) is 3. The molecule has 2 heterocycles. The van der Waals surface area contributed by atoms with Crippen molar-refractivity contribution in [3.05, 3.63) is 18.2 Å². The molecule has 2 aliphatic rings. The number of benzene rings is 1. The van der Waals surface area contributed by atoms with E-state index in [0.29, 0.717) is 5.11 Å². The van der Waals surface area contributed by atoms with Crippen LogP contribution in [-0.4, -0.2) is 42.1 Å². The van der Waals surface area contributed by atoms with Crippen molar-refractivity contribution in [3.63, 3.8) is 0 Å². The fraction of sp³-hybridized carbons (Fsp3) is 0.500. The maximum atomic E-state index is 5.71. The van der Waals surface area contributed by atoms with Gasteiger partial charge in [0, 0.05) is 24.8 Å². The molecule has 108 valence electrons. The number of fused-ring (bicyclic) bond motifs is 1. The molecule has 0 bridgehead atoms. The third kappa shape index (κ3) is 2.81. The standard InChI is InChI=1S/C14H18N2O3S/c1-9-6-16(7-10(2)19-9)14(20)15-11-3-4-12-13(5-11)18-8-17-12/h3-5,9-10H,6-8H2,1-2H3,(H,15,20)/t9-,10-/m1/s1. The van der Waals surface area contributed by atoms with Crippen molar-refractivity contribution in [2.75, 3.05) is 25.2 Å². The van der Waals surface area contributed by atoms with E-state index in [-0.39, 0.29) is 19.0 Å². The summed E-state index contributed by atoms with van der Waals surface area (Å²) in [4.78, 5) is 2.14. The molecule has 0 amide bonds. The van der Waals surface area contributed by atoms with Crippen LogP contribution < -0.4 is 14.8 Å². The second-order valence-electron chi connectivity index (χ2n) is 5.16. The summed E-state index contributed by atoms with van der Waals surface area (Å²) in [7, 11) is 0. The third-order valence-corrected chi connectivity index (χ3v) is 3.69. The predicted octanol–water partition coefficient (Wildman–Crippen LogP) is 2.22. The van der Waals surface area contributed by atoms with E-state index < -0.39 is 0 Å². The third-order valence-electron chi connectivity index (χ3n) is 3.33. The first kappa shape index (κ1) is 13.5. The summed E-state index contributed by atoms with van der Waals surface area (Å²) in [5.74, 6) is 1.52. The molecular formula is C14H18N2O3S. The Hall–Kier alpha value is -1.53. The van der Waals surface area contributed by atoms with E-state index in [1.54, 1.807) is 0 Å². The Balaban J connectivity index is 1.66. The largest absolute Gasteiger partial charge is 0.454 e. The maximum Gasteiger partial charge on any atom is 0.231 e. The van der Waals surface area contributed by atoms with E-state index in [0.717, 1.165) is 30.3 Å². The fourth-order valence-corrected chi connectivity index (χ4v) is 2.79. The molecule has 0 radical (unpaired) electrons. The first-order valence-electron chi connectivity index (χ1n) is 6.73. The van der Waals surface area contributed by atoms with Gasteiger partial charge in [0.2, 0.25) is 6.79 Å². The second-order valence-corrected chi connectivity index (χ2v) is 5.55. The molecular weight excluding hydrogens is 276 g/mol. The van der Waals surface area contributed by atoms with E-state index >= 15 is 0 Å².